The Hall–Kier alpha value is -0.880. The Labute approximate surface area is 103 Å². The summed E-state index contributed by atoms with van der Waals surface area (Å²) in [6.45, 7) is 0. The van der Waals surface area contributed by atoms with Gasteiger partial charge in [0.25, 0.3) is 0 Å². The van der Waals surface area contributed by atoms with Crippen LogP contribution in [0.2, 0.25) is 0 Å². The van der Waals surface area contributed by atoms with Gasteiger partial charge in [0.05, 0.1) is 7.11 Å². The maximum absolute atomic E-state index is 11.7. The van der Waals surface area contributed by atoms with Gasteiger partial charge in [-0.15, -0.1) is 0 Å². The van der Waals surface area contributed by atoms with E-state index >= 15 is 0 Å². The molecule has 4 nitrogen and oxygen atoms in total. The first-order valence-electron chi connectivity index (χ1n) is 4.37. The van der Waals surface area contributed by atoms with E-state index in [4.69, 9.17) is 4.74 Å². The summed E-state index contributed by atoms with van der Waals surface area (Å²) in [4.78, 5) is 11.7. The van der Waals surface area contributed by atoms with Crippen LogP contribution in [0, 0.1) is 0 Å². The second-order valence-electron chi connectivity index (χ2n) is 3.24. The number of halogens is 1. The minimum absolute atomic E-state index is 0.327. The fourth-order valence-electron chi connectivity index (χ4n) is 1.08. The van der Waals surface area contributed by atoms with Crippen LogP contribution in [0.15, 0.2) is 24.3 Å². The van der Waals surface area contributed by atoms with Crippen LogP contribution in [0.4, 0.5) is 0 Å². The lowest BCUT2D eigenvalue weighted by Gasteiger charge is -2.07. The number of sulfone groups is 1. The van der Waals surface area contributed by atoms with Gasteiger partial charge in [-0.05, 0) is 24.3 Å². The highest BCUT2D eigenvalue weighted by Crippen LogP contribution is 2.18. The Morgan fingerprint density at radius 1 is 1.31 bits per heavy atom. The number of methoxy groups -OCH3 is 1. The smallest absolute Gasteiger partial charge is 0.191 e. The van der Waals surface area contributed by atoms with Crippen LogP contribution in [0.5, 0.6) is 5.75 Å². The Morgan fingerprint density at radius 2 is 1.81 bits per heavy atom. The quantitative estimate of drug-likeness (QED) is 0.627. The number of ether oxygens (including phenoxy) is 1. The third kappa shape index (κ3) is 3.05. The summed E-state index contributed by atoms with van der Waals surface area (Å²) in [6, 6.07) is 6.27. The van der Waals surface area contributed by atoms with Gasteiger partial charge in [0.2, 0.25) is 0 Å². The van der Waals surface area contributed by atoms with Crippen molar-refractivity contribution in [2.24, 2.45) is 0 Å². The average Bonchev–Trinajstić information content (AvgIpc) is 2.26. The van der Waals surface area contributed by atoms with Gasteiger partial charge in [-0.2, -0.15) is 0 Å². The minimum Gasteiger partial charge on any atom is -0.497 e. The molecule has 0 heterocycles. The van der Waals surface area contributed by atoms with E-state index in [9.17, 15) is 13.2 Å². The first-order valence-corrected chi connectivity index (χ1v) is 7.24. The molecule has 0 aromatic heterocycles. The van der Waals surface area contributed by atoms with Crippen molar-refractivity contribution in [1.82, 2.24) is 0 Å². The third-order valence-corrected chi connectivity index (χ3v) is 5.38. The number of benzene rings is 1. The van der Waals surface area contributed by atoms with Crippen molar-refractivity contribution in [1.29, 1.82) is 0 Å². The highest BCUT2D eigenvalue weighted by atomic mass is 79.9. The van der Waals surface area contributed by atoms with E-state index in [0.29, 0.717) is 11.3 Å². The molecule has 0 amide bonds. The minimum atomic E-state index is -3.43. The van der Waals surface area contributed by atoms with Gasteiger partial charge in [0.15, 0.2) is 19.8 Å². The molecular weight excluding hydrogens is 296 g/mol. The third-order valence-electron chi connectivity index (χ3n) is 1.96. The van der Waals surface area contributed by atoms with E-state index in [-0.39, 0.29) is 0 Å². The summed E-state index contributed by atoms with van der Waals surface area (Å²) in [5.41, 5.74) is 0.327. The summed E-state index contributed by atoms with van der Waals surface area (Å²) >= 11 is 2.87. The molecule has 0 bridgehead atoms. The Bertz CT molecular complexity index is 478. The molecule has 0 saturated heterocycles. The largest absolute Gasteiger partial charge is 0.497 e. The number of ketones is 1. The van der Waals surface area contributed by atoms with Crippen LogP contribution in [-0.2, 0) is 9.84 Å². The average molecular weight is 307 g/mol. The van der Waals surface area contributed by atoms with Crippen molar-refractivity contribution in [2.45, 2.75) is 4.16 Å². The lowest BCUT2D eigenvalue weighted by Crippen LogP contribution is -2.23. The molecule has 1 rings (SSSR count). The molecule has 0 aliphatic heterocycles. The molecule has 6 heteroatoms. The second kappa shape index (κ2) is 4.97. The summed E-state index contributed by atoms with van der Waals surface area (Å²) < 4.78 is 26.1. The first-order chi connectivity index (χ1) is 7.36. The summed E-state index contributed by atoms with van der Waals surface area (Å²) in [5, 5.41) is 0. The number of alkyl halides is 1. The van der Waals surface area contributed by atoms with Crippen molar-refractivity contribution < 1.29 is 17.9 Å². The fourth-order valence-corrected chi connectivity index (χ4v) is 1.87. The molecule has 0 aliphatic rings. The molecule has 1 aromatic rings. The Morgan fingerprint density at radius 3 is 2.19 bits per heavy atom. The highest BCUT2D eigenvalue weighted by molar-refractivity contribution is 9.11. The standard InChI is InChI=1S/C10H11BrO4S/c1-15-8-5-3-7(4-6-8)9(12)10(11)16(2,13)14/h3-6,10H,1-2H3/t10-/m1/s1. The first kappa shape index (κ1) is 13.2. The molecule has 0 aliphatic carbocycles. The molecule has 0 radical (unpaired) electrons. The fraction of sp³-hybridized carbons (Fsp3) is 0.300. The second-order valence-corrected chi connectivity index (χ2v) is 6.89. The molecule has 0 saturated carbocycles. The van der Waals surface area contributed by atoms with Gasteiger partial charge in [-0.25, -0.2) is 8.42 Å². The lowest BCUT2D eigenvalue weighted by molar-refractivity contribution is 0.101. The molecule has 0 spiro atoms. The Kier molecular flexibility index (Phi) is 4.09. The molecule has 1 aromatic carbocycles. The van der Waals surface area contributed by atoms with Gasteiger partial charge >= 0.3 is 0 Å². The highest BCUT2D eigenvalue weighted by Gasteiger charge is 2.26. The molecule has 0 fully saturated rings. The van der Waals surface area contributed by atoms with Crippen molar-refractivity contribution in [3.8, 4) is 5.75 Å². The number of Topliss-reactive ketones (excluding diaryl/α,β-unsaturated/α-hetero) is 1. The maximum atomic E-state index is 11.7. The maximum Gasteiger partial charge on any atom is 0.191 e. The zero-order valence-corrected chi connectivity index (χ0v) is 11.2. The van der Waals surface area contributed by atoms with Crippen LogP contribution >= 0.6 is 15.9 Å². The monoisotopic (exact) mass is 306 g/mol. The van der Waals surface area contributed by atoms with Crippen LogP contribution in [0.25, 0.3) is 0 Å². The normalized spacial score (nSPS) is 13.2. The Balaban J connectivity index is 2.97. The van der Waals surface area contributed by atoms with Crippen LogP contribution in [-0.4, -0.2) is 31.7 Å². The predicted molar refractivity (Wildman–Crippen MR) is 64.9 cm³/mol. The number of carbonyl (C=O) groups is 1. The van der Waals surface area contributed by atoms with Gasteiger partial charge in [-0.1, -0.05) is 15.9 Å². The summed E-state index contributed by atoms with van der Waals surface area (Å²) in [6.07, 6.45) is 1.01. The number of hydrogen-bond donors (Lipinski definition) is 0. The summed E-state index contributed by atoms with van der Waals surface area (Å²) in [5.74, 6) is 0.132. The predicted octanol–water partition coefficient (Wildman–Crippen LogP) is 1.64. The van der Waals surface area contributed by atoms with Crippen LogP contribution in [0.3, 0.4) is 0 Å². The molecule has 0 N–H and O–H groups in total. The van der Waals surface area contributed by atoms with Gasteiger partial charge in [-0.3, -0.25) is 4.79 Å². The topological polar surface area (TPSA) is 60.4 Å². The summed E-state index contributed by atoms with van der Waals surface area (Å²) in [7, 11) is -1.92. The van der Waals surface area contributed by atoms with Crippen LogP contribution in [0.1, 0.15) is 10.4 Å². The van der Waals surface area contributed by atoms with E-state index < -0.39 is 19.8 Å². The van der Waals surface area contributed by atoms with Crippen molar-refractivity contribution in [3.63, 3.8) is 0 Å². The lowest BCUT2D eigenvalue weighted by atomic mass is 10.1. The number of carbonyl (C=O) groups excluding carboxylic acids is 1. The van der Waals surface area contributed by atoms with Crippen molar-refractivity contribution in [3.05, 3.63) is 29.8 Å². The van der Waals surface area contributed by atoms with E-state index in [1.165, 1.54) is 19.2 Å². The van der Waals surface area contributed by atoms with Crippen molar-refractivity contribution in [2.75, 3.05) is 13.4 Å². The van der Waals surface area contributed by atoms with E-state index in [1.807, 2.05) is 0 Å². The van der Waals surface area contributed by atoms with Gasteiger partial charge in [0.1, 0.15) is 5.75 Å². The molecule has 1 atom stereocenters. The SMILES string of the molecule is COc1ccc(C(=O)[C@H](Br)S(C)(=O)=O)cc1. The zero-order chi connectivity index (χ0) is 12.3. The molecule has 0 unspecified atom stereocenters. The van der Waals surface area contributed by atoms with Gasteiger partial charge in [0, 0.05) is 11.8 Å². The molecule has 16 heavy (non-hydrogen) atoms. The van der Waals surface area contributed by atoms with E-state index in [1.54, 1.807) is 12.1 Å². The van der Waals surface area contributed by atoms with E-state index in [2.05, 4.69) is 15.9 Å². The van der Waals surface area contributed by atoms with Crippen LogP contribution < -0.4 is 4.74 Å². The molecule has 88 valence electrons. The number of rotatable bonds is 4. The van der Waals surface area contributed by atoms with Crippen molar-refractivity contribution >= 4 is 31.6 Å². The number of hydrogen-bond acceptors (Lipinski definition) is 4. The zero-order valence-electron chi connectivity index (χ0n) is 8.81. The molecular formula is C10H11BrO4S. The van der Waals surface area contributed by atoms with Gasteiger partial charge < -0.3 is 4.74 Å². The van der Waals surface area contributed by atoms with E-state index in [0.717, 1.165) is 6.26 Å².